The van der Waals surface area contributed by atoms with Crippen molar-refractivity contribution < 1.29 is 61.8 Å². The summed E-state index contributed by atoms with van der Waals surface area (Å²) in [5.74, 6) is -1.09. The molecule has 3 amide bonds. The molecule has 4 saturated heterocycles. The van der Waals surface area contributed by atoms with Gasteiger partial charge in [-0.1, -0.05) is 182 Å². The van der Waals surface area contributed by atoms with E-state index in [-0.39, 0.29) is 77.4 Å². The number of hydrogen-bond acceptors (Lipinski definition) is 13. The predicted molar refractivity (Wildman–Crippen MR) is 299 cm³/mol. The second kappa shape index (κ2) is 28.8. The van der Waals surface area contributed by atoms with Crippen LogP contribution in [0.5, 0.6) is 0 Å². The number of nitrogens with one attached hydrogen (secondary N) is 1. The van der Waals surface area contributed by atoms with Crippen molar-refractivity contribution in [2.45, 2.75) is 133 Å². The second-order valence-electron chi connectivity index (χ2n) is 20.9. The van der Waals surface area contributed by atoms with Gasteiger partial charge in [-0.05, 0) is 33.4 Å². The topological polar surface area (TPSA) is 162 Å². The number of nitrogens with zero attached hydrogens (tertiary/aromatic N) is 2. The van der Waals surface area contributed by atoms with E-state index in [1.54, 1.807) is 0 Å². The lowest BCUT2D eigenvalue weighted by Crippen LogP contribution is -2.52. The molecule has 4 aliphatic heterocycles. The largest absolute Gasteiger partial charge is 0.374 e. The monoisotopic (exact) mass is 1100 g/mol. The molecule has 0 saturated carbocycles. The molecular formula is C65H73N3O13. The molecule has 1 unspecified atom stereocenters. The quantitative estimate of drug-likeness (QED) is 0.0558. The van der Waals surface area contributed by atoms with Crippen molar-refractivity contribution in [2.24, 2.45) is 0 Å². The van der Waals surface area contributed by atoms with Gasteiger partial charge >= 0.3 is 0 Å². The summed E-state index contributed by atoms with van der Waals surface area (Å²) in [6.07, 6.45) is -6.91. The third-order valence-electron chi connectivity index (χ3n) is 15.2. The van der Waals surface area contributed by atoms with Crippen LogP contribution in [0.2, 0.25) is 0 Å². The molecular weight excluding hydrogens is 1030 g/mol. The Hall–Kier alpha value is -6.67. The number of carbonyl (C=O) groups is 3. The summed E-state index contributed by atoms with van der Waals surface area (Å²) in [5.41, 5.74) is 5.88. The molecule has 0 aliphatic carbocycles. The van der Waals surface area contributed by atoms with Crippen LogP contribution in [0.15, 0.2) is 182 Å². The van der Waals surface area contributed by atoms with Crippen molar-refractivity contribution in [1.82, 2.24) is 15.1 Å². The highest BCUT2D eigenvalue weighted by molar-refractivity contribution is 5.92. The fourth-order valence-corrected chi connectivity index (χ4v) is 11.0. The van der Waals surface area contributed by atoms with Crippen LogP contribution in [-0.4, -0.2) is 134 Å². The molecule has 10 rings (SSSR count). The van der Waals surface area contributed by atoms with Gasteiger partial charge in [0.2, 0.25) is 17.7 Å². The lowest BCUT2D eigenvalue weighted by molar-refractivity contribution is -0.204. The predicted octanol–water partition coefficient (Wildman–Crippen LogP) is 7.95. The number of ether oxygens (including phenoxy) is 10. The third kappa shape index (κ3) is 15.5. The minimum atomic E-state index is -0.972. The Balaban J connectivity index is 0.861. The van der Waals surface area contributed by atoms with Crippen molar-refractivity contribution in [3.8, 4) is 0 Å². The van der Waals surface area contributed by atoms with E-state index in [0.29, 0.717) is 13.2 Å². The third-order valence-corrected chi connectivity index (χ3v) is 15.2. The highest BCUT2D eigenvalue weighted by Gasteiger charge is 2.53. The normalized spacial score (nSPS) is 26.2. The van der Waals surface area contributed by atoms with Crippen LogP contribution in [0.1, 0.15) is 53.1 Å². The summed E-state index contributed by atoms with van der Waals surface area (Å²) in [4.78, 5) is 45.7. The van der Waals surface area contributed by atoms with Gasteiger partial charge in [0.1, 0.15) is 48.7 Å². The Morgan fingerprint density at radius 1 is 0.444 bits per heavy atom. The summed E-state index contributed by atoms with van der Waals surface area (Å²) in [6.45, 7) is 3.70. The molecule has 0 radical (unpaired) electrons. The Labute approximate surface area is 474 Å². The van der Waals surface area contributed by atoms with E-state index >= 15 is 4.79 Å². The first kappa shape index (κ1) is 57.6. The van der Waals surface area contributed by atoms with E-state index in [2.05, 4.69) is 5.32 Å². The van der Waals surface area contributed by atoms with Gasteiger partial charge in [-0.2, -0.15) is 0 Å². The van der Waals surface area contributed by atoms with Gasteiger partial charge in [-0.15, -0.1) is 0 Å². The Morgan fingerprint density at radius 2 is 0.765 bits per heavy atom. The molecule has 81 heavy (non-hydrogen) atoms. The molecule has 1 N–H and O–H groups in total. The van der Waals surface area contributed by atoms with Crippen molar-refractivity contribution in [2.75, 3.05) is 33.4 Å². The van der Waals surface area contributed by atoms with E-state index in [0.717, 1.165) is 33.4 Å². The van der Waals surface area contributed by atoms with Crippen LogP contribution in [0, 0.1) is 0 Å². The fourth-order valence-electron chi connectivity index (χ4n) is 11.0. The van der Waals surface area contributed by atoms with E-state index in [1.807, 2.05) is 182 Å². The van der Waals surface area contributed by atoms with Gasteiger partial charge in [0.25, 0.3) is 0 Å². The van der Waals surface area contributed by atoms with E-state index in [9.17, 15) is 9.59 Å². The van der Waals surface area contributed by atoms with Gasteiger partial charge in [0, 0.05) is 39.9 Å². The van der Waals surface area contributed by atoms with Gasteiger partial charge in [-0.3, -0.25) is 14.4 Å². The van der Waals surface area contributed by atoms with E-state index in [4.69, 9.17) is 47.4 Å². The maximum atomic E-state index is 15.2. The van der Waals surface area contributed by atoms with Crippen LogP contribution < -0.4 is 5.32 Å². The molecule has 6 aromatic carbocycles. The molecule has 6 aromatic rings. The standard InChI is InChI=1S/C65H73N3O13/c1-45(69)67-35-53(79-65-61(77-42-51-31-19-8-20-32-51)59(75-40-49-27-15-6-16-28-49)57(81-65)44-73-38-47-23-11-4-12-24-47)34-55(67)63(71)68-36-52(33-54(68)62(70)66-2)78-64-60(76-41-50-29-17-7-18-30-50)58(74-39-48-25-13-5-14-26-48)56(80-64)43-72-37-46-21-9-3-10-22-46/h3-32,52-61,64-65H,33-44H2,1-2H3,(H,66,70)/t52?,53-,54+,55+,56+,57+,58+,59+,60-,61-,64+,65+/m1/s1. The molecule has 16 nitrogen and oxygen atoms in total. The van der Waals surface area contributed by atoms with Crippen molar-refractivity contribution in [3.05, 3.63) is 215 Å². The summed E-state index contributed by atoms with van der Waals surface area (Å²) in [6, 6.07) is 57.3. The number of benzene rings is 6. The first-order valence-corrected chi connectivity index (χ1v) is 28.0. The summed E-state index contributed by atoms with van der Waals surface area (Å²) in [7, 11) is 1.54. The van der Waals surface area contributed by atoms with Crippen LogP contribution in [0.4, 0.5) is 0 Å². The van der Waals surface area contributed by atoms with Crippen LogP contribution in [-0.2, 0) is 101 Å². The van der Waals surface area contributed by atoms with Crippen LogP contribution in [0.25, 0.3) is 0 Å². The first-order chi connectivity index (χ1) is 39.8. The SMILES string of the molecule is CNC(=O)[C@@H]1CC(O[C@H]2O[C@@H](COCc3ccccc3)[C@H](OCc3ccccc3)[C@H]2OCc2ccccc2)CN1C(=O)[C@@H]1C[C@@H](O[C@H]2O[C@@H](COCc3ccccc3)[C@H](OCc3ccccc3)[C@H]2OCc2ccccc2)CN1C(C)=O. The molecule has 16 heteroatoms. The average Bonchev–Trinajstić information content (AvgIpc) is 4.31. The minimum Gasteiger partial charge on any atom is -0.374 e. The zero-order valence-corrected chi connectivity index (χ0v) is 45.9. The Bertz CT molecular complexity index is 2860. The zero-order valence-electron chi connectivity index (χ0n) is 45.9. The number of likely N-dealkylation sites (tertiary alicyclic amines) is 2. The van der Waals surface area contributed by atoms with E-state index in [1.165, 1.54) is 23.8 Å². The summed E-state index contributed by atoms with van der Waals surface area (Å²) < 4.78 is 66.6. The molecule has 4 heterocycles. The number of likely N-dealkylation sites (N-methyl/N-ethyl adjacent to an activating group) is 1. The molecule has 426 valence electrons. The van der Waals surface area contributed by atoms with Gasteiger partial charge in [0.05, 0.1) is 65.1 Å². The second-order valence-corrected chi connectivity index (χ2v) is 20.9. The lowest BCUT2D eigenvalue weighted by Gasteiger charge is -2.30. The molecule has 12 atom stereocenters. The number of rotatable bonds is 26. The van der Waals surface area contributed by atoms with Gasteiger partial charge in [0.15, 0.2) is 12.6 Å². The number of amides is 3. The van der Waals surface area contributed by atoms with E-state index < -0.39 is 79.4 Å². The average molecular weight is 1100 g/mol. The first-order valence-electron chi connectivity index (χ1n) is 28.0. The molecule has 4 fully saturated rings. The lowest BCUT2D eigenvalue weighted by atomic mass is 10.1. The van der Waals surface area contributed by atoms with Gasteiger partial charge in [-0.25, -0.2) is 0 Å². The molecule has 0 spiro atoms. The molecule has 0 aromatic heterocycles. The van der Waals surface area contributed by atoms with Crippen molar-refractivity contribution in [3.63, 3.8) is 0 Å². The maximum Gasteiger partial charge on any atom is 0.246 e. The van der Waals surface area contributed by atoms with Crippen LogP contribution >= 0.6 is 0 Å². The minimum absolute atomic E-state index is 0.0346. The molecule has 0 bridgehead atoms. The summed E-state index contributed by atoms with van der Waals surface area (Å²) in [5, 5.41) is 2.76. The number of carbonyl (C=O) groups excluding carboxylic acids is 3. The smallest absolute Gasteiger partial charge is 0.246 e. The zero-order chi connectivity index (χ0) is 55.8. The molecule has 4 aliphatic rings. The van der Waals surface area contributed by atoms with Crippen LogP contribution in [0.3, 0.4) is 0 Å². The maximum absolute atomic E-state index is 15.2. The Morgan fingerprint density at radius 3 is 1.11 bits per heavy atom. The Kier molecular flexibility index (Phi) is 20.5. The van der Waals surface area contributed by atoms with Crippen molar-refractivity contribution in [1.29, 1.82) is 0 Å². The van der Waals surface area contributed by atoms with Crippen molar-refractivity contribution >= 4 is 17.7 Å². The highest BCUT2D eigenvalue weighted by Crippen LogP contribution is 2.37. The fraction of sp³-hybridized carbons (Fsp3) is 0.400. The number of hydrogen-bond donors (Lipinski definition) is 1. The van der Waals surface area contributed by atoms with Gasteiger partial charge < -0.3 is 62.5 Å². The summed E-state index contributed by atoms with van der Waals surface area (Å²) >= 11 is 0. The highest BCUT2D eigenvalue weighted by atomic mass is 16.7.